The van der Waals surface area contributed by atoms with Crippen LogP contribution in [-0.4, -0.2) is 15.6 Å². The summed E-state index contributed by atoms with van der Waals surface area (Å²) >= 11 is 0. The topological polar surface area (TPSA) is 42.2 Å². The zero-order valence-electron chi connectivity index (χ0n) is 10.0. The number of hydrogen-bond acceptors (Lipinski definition) is 1. The van der Waals surface area contributed by atoms with Crippen molar-refractivity contribution in [2.45, 2.75) is 32.7 Å². The van der Waals surface area contributed by atoms with Crippen LogP contribution in [0.15, 0.2) is 30.6 Å². The van der Waals surface area contributed by atoms with Gasteiger partial charge in [0.2, 0.25) is 0 Å². The summed E-state index contributed by atoms with van der Waals surface area (Å²) in [6.07, 6.45) is 7.72. The number of carboxylic acid groups (broad SMARTS) is 1. The van der Waals surface area contributed by atoms with Crippen LogP contribution in [0.2, 0.25) is 0 Å². The van der Waals surface area contributed by atoms with Crippen molar-refractivity contribution >= 4 is 16.7 Å². The molecular weight excluding hydrogens is 214 g/mol. The Bertz CT molecular complexity index is 528. The summed E-state index contributed by atoms with van der Waals surface area (Å²) in [6.45, 7) is 3.19. The highest BCUT2D eigenvalue weighted by atomic mass is 16.4. The maximum Gasteiger partial charge on any atom is 0.335 e. The summed E-state index contributed by atoms with van der Waals surface area (Å²) in [5, 5.41) is 11.0. The number of aromatic carboxylic acids is 1. The molecule has 0 saturated heterocycles. The maximum atomic E-state index is 10.9. The lowest BCUT2D eigenvalue weighted by atomic mass is 10.1. The second-order valence-corrected chi connectivity index (χ2v) is 4.35. The molecule has 0 aliphatic carbocycles. The Morgan fingerprint density at radius 2 is 2.00 bits per heavy atom. The molecule has 0 unspecified atom stereocenters. The largest absolute Gasteiger partial charge is 0.478 e. The highest BCUT2D eigenvalue weighted by Gasteiger charge is 2.05. The van der Waals surface area contributed by atoms with Crippen molar-refractivity contribution in [3.63, 3.8) is 0 Å². The minimum atomic E-state index is -0.870. The summed E-state index contributed by atoms with van der Waals surface area (Å²) in [7, 11) is 0. The molecule has 3 heteroatoms. The quantitative estimate of drug-likeness (QED) is 0.800. The van der Waals surface area contributed by atoms with E-state index < -0.39 is 5.97 Å². The Kier molecular flexibility index (Phi) is 3.47. The molecule has 2 aromatic rings. The summed E-state index contributed by atoms with van der Waals surface area (Å²) in [4.78, 5) is 10.9. The lowest BCUT2D eigenvalue weighted by Crippen LogP contribution is -1.94. The minimum Gasteiger partial charge on any atom is -0.478 e. The molecule has 0 spiro atoms. The number of unbranched alkanes of at least 4 members (excludes halogenated alkanes) is 2. The molecule has 0 aliphatic rings. The molecule has 90 valence electrons. The molecule has 0 atom stereocenters. The third-order valence-electron chi connectivity index (χ3n) is 2.96. The first-order valence-electron chi connectivity index (χ1n) is 6.03. The van der Waals surface area contributed by atoms with Crippen molar-refractivity contribution in [3.05, 3.63) is 36.2 Å². The number of hydrogen-bond donors (Lipinski definition) is 1. The van der Waals surface area contributed by atoms with Gasteiger partial charge in [0.05, 0.1) is 5.56 Å². The number of aryl methyl sites for hydroxylation is 1. The number of benzene rings is 1. The first-order chi connectivity index (χ1) is 8.20. The molecule has 1 aromatic carbocycles. The van der Waals surface area contributed by atoms with E-state index in [0.29, 0.717) is 5.56 Å². The van der Waals surface area contributed by atoms with E-state index in [9.17, 15) is 4.79 Å². The van der Waals surface area contributed by atoms with Gasteiger partial charge in [0.1, 0.15) is 0 Å². The normalized spacial score (nSPS) is 10.9. The second-order valence-electron chi connectivity index (χ2n) is 4.35. The van der Waals surface area contributed by atoms with Gasteiger partial charge in [-0.2, -0.15) is 0 Å². The summed E-state index contributed by atoms with van der Waals surface area (Å²) in [6, 6.07) is 5.25. The summed E-state index contributed by atoms with van der Waals surface area (Å²) in [5.74, 6) is -0.870. The molecule has 0 amide bonds. The Labute approximate surface area is 101 Å². The van der Waals surface area contributed by atoms with Crippen LogP contribution in [-0.2, 0) is 6.54 Å². The van der Waals surface area contributed by atoms with Crippen LogP contribution in [0.3, 0.4) is 0 Å². The summed E-state index contributed by atoms with van der Waals surface area (Å²) < 4.78 is 2.14. The molecule has 1 N–H and O–H groups in total. The lowest BCUT2D eigenvalue weighted by Gasteiger charge is -1.99. The molecule has 17 heavy (non-hydrogen) atoms. The molecule has 0 aliphatic heterocycles. The van der Waals surface area contributed by atoms with Gasteiger partial charge >= 0.3 is 5.97 Å². The first-order valence-corrected chi connectivity index (χ1v) is 6.03. The average molecular weight is 231 g/mol. The summed E-state index contributed by atoms with van der Waals surface area (Å²) in [5.41, 5.74) is 0.351. The monoisotopic (exact) mass is 231 g/mol. The van der Waals surface area contributed by atoms with E-state index in [2.05, 4.69) is 17.7 Å². The van der Waals surface area contributed by atoms with E-state index in [4.69, 9.17) is 5.11 Å². The van der Waals surface area contributed by atoms with Crippen molar-refractivity contribution in [3.8, 4) is 0 Å². The van der Waals surface area contributed by atoms with E-state index in [1.54, 1.807) is 12.1 Å². The van der Waals surface area contributed by atoms with Crippen LogP contribution in [0.4, 0.5) is 0 Å². The van der Waals surface area contributed by atoms with Gasteiger partial charge in [-0.15, -0.1) is 0 Å². The minimum absolute atomic E-state index is 0.351. The predicted molar refractivity (Wildman–Crippen MR) is 68.4 cm³/mol. The van der Waals surface area contributed by atoms with Crippen molar-refractivity contribution in [1.29, 1.82) is 0 Å². The van der Waals surface area contributed by atoms with E-state index in [1.807, 2.05) is 12.3 Å². The van der Waals surface area contributed by atoms with Gasteiger partial charge < -0.3 is 9.67 Å². The molecule has 1 aromatic heterocycles. The van der Waals surface area contributed by atoms with Crippen molar-refractivity contribution in [1.82, 2.24) is 4.57 Å². The fraction of sp³-hybridized carbons (Fsp3) is 0.357. The molecule has 0 bridgehead atoms. The van der Waals surface area contributed by atoms with Crippen LogP contribution in [0.25, 0.3) is 10.8 Å². The zero-order chi connectivity index (χ0) is 12.3. The predicted octanol–water partition coefficient (Wildman–Crippen LogP) is 3.53. The fourth-order valence-corrected chi connectivity index (χ4v) is 2.01. The van der Waals surface area contributed by atoms with E-state index in [0.717, 1.165) is 17.3 Å². The molecule has 0 saturated carbocycles. The molecule has 1 heterocycles. The standard InChI is InChI=1S/C14H17NO2/c1-2-3-4-7-15-9-12-6-5-11(14(16)17)8-13(12)10-15/h5-6,8-10H,2-4,7H2,1H3,(H,16,17). The Morgan fingerprint density at radius 1 is 1.24 bits per heavy atom. The van der Waals surface area contributed by atoms with Gasteiger partial charge in [0.15, 0.2) is 0 Å². The van der Waals surface area contributed by atoms with E-state index in [-0.39, 0.29) is 0 Å². The van der Waals surface area contributed by atoms with Gasteiger partial charge in [-0.3, -0.25) is 0 Å². The fourth-order valence-electron chi connectivity index (χ4n) is 2.01. The Hall–Kier alpha value is -1.77. The van der Waals surface area contributed by atoms with Gasteiger partial charge in [-0.1, -0.05) is 25.8 Å². The van der Waals surface area contributed by atoms with Gasteiger partial charge in [0, 0.05) is 24.3 Å². The number of aromatic nitrogens is 1. The highest BCUT2D eigenvalue weighted by molar-refractivity contribution is 5.94. The maximum absolute atomic E-state index is 10.9. The average Bonchev–Trinajstić information content (AvgIpc) is 2.70. The SMILES string of the molecule is CCCCCn1cc2ccc(C(=O)O)cc2c1. The third kappa shape index (κ3) is 2.67. The Balaban J connectivity index is 2.21. The van der Waals surface area contributed by atoms with E-state index >= 15 is 0 Å². The first kappa shape index (κ1) is 11.7. The Morgan fingerprint density at radius 3 is 2.71 bits per heavy atom. The number of fused-ring (bicyclic) bond motifs is 1. The lowest BCUT2D eigenvalue weighted by molar-refractivity contribution is 0.0697. The van der Waals surface area contributed by atoms with Crippen LogP contribution in [0.1, 0.15) is 36.5 Å². The molecule has 3 nitrogen and oxygen atoms in total. The van der Waals surface area contributed by atoms with Crippen LogP contribution >= 0.6 is 0 Å². The molecular formula is C14H17NO2. The third-order valence-corrected chi connectivity index (χ3v) is 2.96. The van der Waals surface area contributed by atoms with Crippen molar-refractivity contribution in [2.75, 3.05) is 0 Å². The van der Waals surface area contributed by atoms with Gasteiger partial charge in [0.25, 0.3) is 0 Å². The number of carboxylic acids is 1. The second kappa shape index (κ2) is 5.04. The van der Waals surface area contributed by atoms with E-state index in [1.165, 1.54) is 19.3 Å². The highest BCUT2D eigenvalue weighted by Crippen LogP contribution is 2.18. The number of carbonyl (C=O) groups is 1. The van der Waals surface area contributed by atoms with Gasteiger partial charge in [-0.25, -0.2) is 4.79 Å². The molecule has 2 rings (SSSR count). The van der Waals surface area contributed by atoms with Crippen LogP contribution in [0.5, 0.6) is 0 Å². The van der Waals surface area contributed by atoms with Crippen LogP contribution < -0.4 is 0 Å². The number of rotatable bonds is 5. The van der Waals surface area contributed by atoms with Crippen molar-refractivity contribution in [2.24, 2.45) is 0 Å². The van der Waals surface area contributed by atoms with Crippen LogP contribution in [0, 0.1) is 0 Å². The molecule has 0 radical (unpaired) electrons. The number of nitrogens with zero attached hydrogens (tertiary/aromatic N) is 1. The molecule has 0 fully saturated rings. The van der Waals surface area contributed by atoms with Crippen molar-refractivity contribution < 1.29 is 9.90 Å². The van der Waals surface area contributed by atoms with Gasteiger partial charge in [-0.05, 0) is 23.9 Å². The zero-order valence-corrected chi connectivity index (χ0v) is 10.0. The smallest absolute Gasteiger partial charge is 0.335 e.